The van der Waals surface area contributed by atoms with E-state index in [-0.39, 0.29) is 29.9 Å². The van der Waals surface area contributed by atoms with Crippen molar-refractivity contribution >= 4 is 53.3 Å². The number of hydrogen-bond acceptors (Lipinski definition) is 4. The van der Waals surface area contributed by atoms with E-state index >= 15 is 0 Å². The minimum atomic E-state index is 0. The summed E-state index contributed by atoms with van der Waals surface area (Å²) in [7, 11) is 5.74. The fraction of sp³-hybridized carbons (Fsp3) is 0.409. The first-order valence-electron chi connectivity index (χ1n) is 10.1. The van der Waals surface area contributed by atoms with Crippen LogP contribution in [0.5, 0.6) is 0 Å². The number of aromatic nitrogens is 1. The molecule has 9 heteroatoms. The monoisotopic (exact) mass is 556 g/mol. The second-order valence-corrected chi connectivity index (χ2v) is 7.93. The van der Waals surface area contributed by atoms with E-state index in [2.05, 4.69) is 26.3 Å². The first-order valence-corrected chi connectivity index (χ1v) is 10.4. The third-order valence-corrected chi connectivity index (χ3v) is 5.34. The number of guanidine groups is 1. The molecule has 1 aromatic heterocycles. The Balaban J connectivity index is 0.00000341. The highest BCUT2D eigenvalue weighted by Crippen LogP contribution is 2.13. The summed E-state index contributed by atoms with van der Waals surface area (Å²) in [5.74, 6) is 1.91. The Labute approximate surface area is 206 Å². The summed E-state index contributed by atoms with van der Waals surface area (Å²) in [5, 5.41) is 4.08. The maximum atomic E-state index is 12.6. The van der Waals surface area contributed by atoms with Gasteiger partial charge in [0.25, 0.3) is 0 Å². The molecule has 1 amide bonds. The van der Waals surface area contributed by atoms with Gasteiger partial charge in [0.2, 0.25) is 5.91 Å². The average molecular weight is 557 g/mol. The van der Waals surface area contributed by atoms with Crippen molar-refractivity contribution in [2.24, 2.45) is 4.99 Å². The van der Waals surface area contributed by atoms with Crippen LogP contribution in [-0.2, 0) is 17.8 Å². The number of anilines is 1. The highest BCUT2D eigenvalue weighted by Gasteiger charge is 2.23. The van der Waals surface area contributed by atoms with E-state index in [1.165, 1.54) is 0 Å². The molecule has 0 aliphatic carbocycles. The fourth-order valence-corrected chi connectivity index (χ4v) is 3.64. The van der Waals surface area contributed by atoms with Crippen molar-refractivity contribution in [2.45, 2.75) is 13.0 Å². The number of carbonyl (C=O) groups excluding carboxylic acids is 1. The third kappa shape index (κ3) is 7.24. The molecule has 31 heavy (non-hydrogen) atoms. The van der Waals surface area contributed by atoms with Gasteiger partial charge in [-0.3, -0.25) is 9.79 Å². The number of pyridine rings is 1. The van der Waals surface area contributed by atoms with Gasteiger partial charge in [0.15, 0.2) is 5.96 Å². The van der Waals surface area contributed by atoms with Gasteiger partial charge in [-0.15, -0.1) is 24.0 Å². The van der Waals surface area contributed by atoms with Crippen molar-refractivity contribution in [1.82, 2.24) is 20.1 Å². The standard InChI is InChI=1S/C22H29ClN6O.HI/c1-24-22(26-16-18-7-8-25-20(14-18)27(2)3)29-11-9-28(10-12-29)21(30)15-17-5-4-6-19(23)13-17;/h4-8,13-14H,9-12,15-16H2,1-3H3,(H,24,26);1H. The number of nitrogens with zero attached hydrogens (tertiary/aromatic N) is 5. The molecule has 1 saturated heterocycles. The quantitative estimate of drug-likeness (QED) is 0.349. The van der Waals surface area contributed by atoms with Crippen molar-refractivity contribution in [1.29, 1.82) is 0 Å². The Morgan fingerprint density at radius 2 is 1.84 bits per heavy atom. The number of hydrogen-bond donors (Lipinski definition) is 1. The number of aliphatic imine (C=N–C) groups is 1. The SMILES string of the molecule is CN=C(NCc1ccnc(N(C)C)c1)N1CCN(C(=O)Cc2cccc(Cl)c2)CC1.I. The molecule has 0 bridgehead atoms. The molecule has 1 aliphatic heterocycles. The van der Waals surface area contributed by atoms with Gasteiger partial charge in [-0.05, 0) is 35.4 Å². The molecule has 168 valence electrons. The van der Waals surface area contributed by atoms with E-state index in [0.29, 0.717) is 31.1 Å². The number of amides is 1. The molecule has 0 atom stereocenters. The Hall–Kier alpha value is -2.07. The molecule has 2 heterocycles. The van der Waals surface area contributed by atoms with Crippen LogP contribution in [0, 0.1) is 0 Å². The molecule has 3 rings (SSSR count). The van der Waals surface area contributed by atoms with Crippen LogP contribution in [-0.4, -0.2) is 74.0 Å². The molecule has 0 unspecified atom stereocenters. The van der Waals surface area contributed by atoms with Gasteiger partial charge in [0.1, 0.15) is 5.82 Å². The number of piperazine rings is 1. The Kier molecular flexibility index (Phi) is 9.83. The molecule has 7 nitrogen and oxygen atoms in total. The van der Waals surface area contributed by atoms with Crippen molar-refractivity contribution in [3.8, 4) is 0 Å². The fourth-order valence-electron chi connectivity index (χ4n) is 3.43. The van der Waals surface area contributed by atoms with Crippen LogP contribution in [0.1, 0.15) is 11.1 Å². The zero-order chi connectivity index (χ0) is 21.5. The topological polar surface area (TPSA) is 64.1 Å². The molecule has 1 aromatic carbocycles. The summed E-state index contributed by atoms with van der Waals surface area (Å²) < 4.78 is 0. The van der Waals surface area contributed by atoms with Crippen molar-refractivity contribution < 1.29 is 4.79 Å². The van der Waals surface area contributed by atoms with Gasteiger partial charge in [-0.25, -0.2) is 4.98 Å². The lowest BCUT2D eigenvalue weighted by Crippen LogP contribution is -2.53. The normalized spacial score (nSPS) is 14.1. The van der Waals surface area contributed by atoms with E-state index in [4.69, 9.17) is 11.6 Å². The van der Waals surface area contributed by atoms with Crippen LogP contribution in [0.25, 0.3) is 0 Å². The molecule has 0 radical (unpaired) electrons. The lowest BCUT2D eigenvalue weighted by molar-refractivity contribution is -0.131. The Morgan fingerprint density at radius 1 is 1.13 bits per heavy atom. The molecule has 0 spiro atoms. The largest absolute Gasteiger partial charge is 0.363 e. The Morgan fingerprint density at radius 3 is 2.48 bits per heavy atom. The van der Waals surface area contributed by atoms with Crippen LogP contribution in [0.2, 0.25) is 5.02 Å². The highest BCUT2D eigenvalue weighted by atomic mass is 127. The third-order valence-electron chi connectivity index (χ3n) is 5.11. The van der Waals surface area contributed by atoms with Gasteiger partial charge in [-0.1, -0.05) is 23.7 Å². The smallest absolute Gasteiger partial charge is 0.227 e. The van der Waals surface area contributed by atoms with Gasteiger partial charge in [-0.2, -0.15) is 0 Å². The van der Waals surface area contributed by atoms with E-state index in [1.54, 1.807) is 7.05 Å². The lowest BCUT2D eigenvalue weighted by Gasteiger charge is -2.36. The zero-order valence-corrected chi connectivity index (χ0v) is 21.3. The molecule has 2 aromatic rings. The van der Waals surface area contributed by atoms with E-state index < -0.39 is 0 Å². The molecular weight excluding hydrogens is 527 g/mol. The number of halogens is 2. The van der Waals surface area contributed by atoms with Crippen LogP contribution in [0.15, 0.2) is 47.6 Å². The minimum Gasteiger partial charge on any atom is -0.363 e. The predicted octanol–water partition coefficient (Wildman–Crippen LogP) is 2.88. The molecular formula is C22H30ClIN6O. The molecule has 1 aliphatic rings. The van der Waals surface area contributed by atoms with Crippen molar-refractivity contribution in [3.63, 3.8) is 0 Å². The molecule has 0 saturated carbocycles. The molecule has 1 fully saturated rings. The van der Waals surface area contributed by atoms with Crippen molar-refractivity contribution in [3.05, 3.63) is 58.7 Å². The van der Waals surface area contributed by atoms with E-state index in [1.807, 2.05) is 60.4 Å². The van der Waals surface area contributed by atoms with Crippen LogP contribution in [0.3, 0.4) is 0 Å². The number of carbonyl (C=O) groups is 1. The lowest BCUT2D eigenvalue weighted by atomic mass is 10.1. The second kappa shape index (κ2) is 12.1. The van der Waals surface area contributed by atoms with Gasteiger partial charge in [0, 0.05) is 65.1 Å². The summed E-state index contributed by atoms with van der Waals surface area (Å²) in [6.07, 6.45) is 2.20. The summed E-state index contributed by atoms with van der Waals surface area (Å²) >= 11 is 6.02. The maximum Gasteiger partial charge on any atom is 0.227 e. The van der Waals surface area contributed by atoms with Crippen LogP contribution in [0.4, 0.5) is 5.82 Å². The maximum absolute atomic E-state index is 12.6. The predicted molar refractivity (Wildman–Crippen MR) is 137 cm³/mol. The molecule has 1 N–H and O–H groups in total. The van der Waals surface area contributed by atoms with Crippen LogP contribution >= 0.6 is 35.6 Å². The Bertz CT molecular complexity index is 899. The summed E-state index contributed by atoms with van der Waals surface area (Å²) in [4.78, 5) is 27.5. The zero-order valence-electron chi connectivity index (χ0n) is 18.2. The highest BCUT2D eigenvalue weighted by molar-refractivity contribution is 14.0. The summed E-state index contributed by atoms with van der Waals surface area (Å²) in [6.45, 7) is 3.53. The van der Waals surface area contributed by atoms with Gasteiger partial charge in [0.05, 0.1) is 6.42 Å². The number of benzene rings is 1. The average Bonchev–Trinajstić information content (AvgIpc) is 2.75. The number of rotatable bonds is 5. The second-order valence-electron chi connectivity index (χ2n) is 7.49. The number of nitrogens with one attached hydrogen (secondary N) is 1. The first-order chi connectivity index (χ1) is 14.5. The minimum absolute atomic E-state index is 0. The van der Waals surface area contributed by atoms with Crippen LogP contribution < -0.4 is 10.2 Å². The first kappa shape index (κ1) is 25.2. The van der Waals surface area contributed by atoms with Gasteiger partial charge >= 0.3 is 0 Å². The summed E-state index contributed by atoms with van der Waals surface area (Å²) in [5.41, 5.74) is 2.09. The van der Waals surface area contributed by atoms with Gasteiger partial charge < -0.3 is 20.0 Å². The van der Waals surface area contributed by atoms with Crippen molar-refractivity contribution in [2.75, 3.05) is 52.2 Å². The van der Waals surface area contributed by atoms with E-state index in [9.17, 15) is 4.79 Å². The van der Waals surface area contributed by atoms with E-state index in [0.717, 1.165) is 36.0 Å². The summed E-state index contributed by atoms with van der Waals surface area (Å²) in [6, 6.07) is 11.5.